The molecule has 0 saturated carbocycles. The minimum absolute atomic E-state index is 0.199. The van der Waals surface area contributed by atoms with Gasteiger partial charge in [-0.15, -0.1) is 0 Å². The molecule has 0 aliphatic carbocycles. The summed E-state index contributed by atoms with van der Waals surface area (Å²) in [5.41, 5.74) is 1.45. The van der Waals surface area contributed by atoms with Crippen molar-refractivity contribution in [3.05, 3.63) is 24.3 Å². The Morgan fingerprint density at radius 2 is 2.12 bits per heavy atom. The largest absolute Gasteiger partial charge is 0.424 e. The third kappa shape index (κ3) is 2.33. The van der Waals surface area contributed by atoms with Crippen LogP contribution in [0.2, 0.25) is 0 Å². The van der Waals surface area contributed by atoms with Crippen molar-refractivity contribution in [2.45, 2.75) is 19.4 Å². The standard InChI is InChI=1S/C12H16N2O2/c1-12(2,8-15-3)14-11-13-9-6-4-5-7-10(9)16-11/h4-7H,8H2,1-3H3,(H,13,14). The molecule has 86 valence electrons. The predicted molar refractivity (Wildman–Crippen MR) is 63.6 cm³/mol. The Hall–Kier alpha value is -1.55. The fourth-order valence-corrected chi connectivity index (χ4v) is 1.61. The molecule has 0 atom stereocenters. The van der Waals surface area contributed by atoms with E-state index < -0.39 is 0 Å². The first kappa shape index (κ1) is 11.0. The number of benzene rings is 1. The number of methoxy groups -OCH3 is 1. The van der Waals surface area contributed by atoms with E-state index in [9.17, 15) is 0 Å². The van der Waals surface area contributed by atoms with E-state index in [0.29, 0.717) is 12.6 Å². The molecule has 0 amide bonds. The Morgan fingerprint density at radius 3 is 2.81 bits per heavy atom. The third-order valence-corrected chi connectivity index (χ3v) is 2.24. The van der Waals surface area contributed by atoms with Crippen molar-refractivity contribution in [3.63, 3.8) is 0 Å². The highest BCUT2D eigenvalue weighted by atomic mass is 16.5. The van der Waals surface area contributed by atoms with Gasteiger partial charge in [-0.3, -0.25) is 0 Å². The topological polar surface area (TPSA) is 47.3 Å². The average molecular weight is 220 g/mol. The van der Waals surface area contributed by atoms with Crippen LogP contribution in [0.5, 0.6) is 0 Å². The van der Waals surface area contributed by atoms with Crippen LogP contribution in [0.1, 0.15) is 13.8 Å². The summed E-state index contributed by atoms with van der Waals surface area (Å²) in [6.07, 6.45) is 0. The second-order valence-corrected chi connectivity index (χ2v) is 4.43. The molecule has 1 aromatic carbocycles. The summed E-state index contributed by atoms with van der Waals surface area (Å²) in [5.74, 6) is 0. The summed E-state index contributed by atoms with van der Waals surface area (Å²) in [4.78, 5) is 4.35. The number of aromatic nitrogens is 1. The minimum atomic E-state index is -0.199. The lowest BCUT2D eigenvalue weighted by molar-refractivity contribution is 0.157. The van der Waals surface area contributed by atoms with Gasteiger partial charge in [0.2, 0.25) is 0 Å². The van der Waals surface area contributed by atoms with E-state index in [1.165, 1.54) is 0 Å². The molecule has 4 nitrogen and oxygen atoms in total. The van der Waals surface area contributed by atoms with E-state index in [1.54, 1.807) is 7.11 Å². The number of oxazole rings is 1. The molecule has 0 unspecified atom stereocenters. The first-order valence-electron chi connectivity index (χ1n) is 5.23. The SMILES string of the molecule is COCC(C)(C)Nc1nc2ccccc2o1. The lowest BCUT2D eigenvalue weighted by Gasteiger charge is -2.23. The van der Waals surface area contributed by atoms with Gasteiger partial charge in [0, 0.05) is 7.11 Å². The Bertz CT molecular complexity index is 444. The molecule has 0 fully saturated rings. The average Bonchev–Trinajstić information content (AvgIpc) is 2.58. The van der Waals surface area contributed by atoms with Gasteiger partial charge in [-0.2, -0.15) is 4.98 Å². The molecule has 2 aromatic rings. The van der Waals surface area contributed by atoms with Crippen LogP contribution in [0.25, 0.3) is 11.1 Å². The first-order valence-corrected chi connectivity index (χ1v) is 5.23. The summed E-state index contributed by atoms with van der Waals surface area (Å²) in [6, 6.07) is 8.22. The molecule has 0 aliphatic rings. The van der Waals surface area contributed by atoms with Crippen LogP contribution in [0.15, 0.2) is 28.7 Å². The highest BCUT2D eigenvalue weighted by molar-refractivity contribution is 5.74. The van der Waals surface area contributed by atoms with E-state index in [4.69, 9.17) is 9.15 Å². The highest BCUT2D eigenvalue weighted by Gasteiger charge is 2.19. The van der Waals surface area contributed by atoms with Gasteiger partial charge in [-0.25, -0.2) is 0 Å². The lowest BCUT2D eigenvalue weighted by Crippen LogP contribution is -2.35. The van der Waals surface area contributed by atoms with Crippen LogP contribution in [-0.4, -0.2) is 24.2 Å². The Kier molecular flexibility index (Phi) is 2.83. The summed E-state index contributed by atoms with van der Waals surface area (Å²) in [6.45, 7) is 4.66. The van der Waals surface area contributed by atoms with Gasteiger partial charge in [0.05, 0.1) is 12.1 Å². The number of rotatable bonds is 4. The molecular formula is C12H16N2O2. The van der Waals surface area contributed by atoms with Gasteiger partial charge in [0.25, 0.3) is 6.01 Å². The minimum Gasteiger partial charge on any atom is -0.424 e. The fourth-order valence-electron chi connectivity index (χ4n) is 1.61. The number of anilines is 1. The molecule has 0 radical (unpaired) electrons. The molecule has 0 bridgehead atoms. The molecule has 0 aliphatic heterocycles. The van der Waals surface area contributed by atoms with Crippen LogP contribution in [0.3, 0.4) is 0 Å². The number of fused-ring (bicyclic) bond motifs is 1. The lowest BCUT2D eigenvalue weighted by atomic mass is 10.1. The number of nitrogens with one attached hydrogen (secondary N) is 1. The molecular weight excluding hydrogens is 204 g/mol. The number of hydrogen-bond acceptors (Lipinski definition) is 4. The van der Waals surface area contributed by atoms with E-state index in [-0.39, 0.29) is 5.54 Å². The van der Waals surface area contributed by atoms with Crippen molar-refractivity contribution in [3.8, 4) is 0 Å². The van der Waals surface area contributed by atoms with E-state index in [2.05, 4.69) is 10.3 Å². The van der Waals surface area contributed by atoms with Gasteiger partial charge in [0.15, 0.2) is 5.58 Å². The maximum absolute atomic E-state index is 5.57. The molecule has 2 rings (SSSR count). The van der Waals surface area contributed by atoms with Crippen molar-refractivity contribution in [2.24, 2.45) is 0 Å². The number of ether oxygens (including phenoxy) is 1. The van der Waals surface area contributed by atoms with E-state index in [0.717, 1.165) is 11.1 Å². The smallest absolute Gasteiger partial charge is 0.296 e. The Morgan fingerprint density at radius 1 is 1.38 bits per heavy atom. The second kappa shape index (κ2) is 4.14. The highest BCUT2D eigenvalue weighted by Crippen LogP contribution is 2.21. The molecule has 0 saturated heterocycles. The maximum atomic E-state index is 5.57. The summed E-state index contributed by atoms with van der Waals surface area (Å²) < 4.78 is 10.7. The van der Waals surface area contributed by atoms with Crippen LogP contribution >= 0.6 is 0 Å². The molecule has 16 heavy (non-hydrogen) atoms. The molecule has 0 spiro atoms. The number of hydrogen-bond donors (Lipinski definition) is 1. The maximum Gasteiger partial charge on any atom is 0.296 e. The quantitative estimate of drug-likeness (QED) is 0.860. The van der Waals surface area contributed by atoms with Crippen LogP contribution < -0.4 is 5.32 Å². The molecule has 1 aromatic heterocycles. The van der Waals surface area contributed by atoms with Crippen molar-refractivity contribution >= 4 is 17.1 Å². The van der Waals surface area contributed by atoms with Crippen molar-refractivity contribution in [1.29, 1.82) is 0 Å². The zero-order valence-electron chi connectivity index (χ0n) is 9.78. The summed E-state index contributed by atoms with van der Waals surface area (Å²) in [5, 5.41) is 3.21. The fraction of sp³-hybridized carbons (Fsp3) is 0.417. The molecule has 1 N–H and O–H groups in total. The van der Waals surface area contributed by atoms with E-state index >= 15 is 0 Å². The van der Waals surface area contributed by atoms with Gasteiger partial charge < -0.3 is 14.5 Å². The van der Waals surface area contributed by atoms with Gasteiger partial charge in [0.1, 0.15) is 5.52 Å². The molecule has 4 heteroatoms. The summed E-state index contributed by atoms with van der Waals surface area (Å²) in [7, 11) is 1.68. The van der Waals surface area contributed by atoms with E-state index in [1.807, 2.05) is 38.1 Å². The van der Waals surface area contributed by atoms with Crippen molar-refractivity contribution in [1.82, 2.24) is 4.98 Å². The zero-order chi connectivity index (χ0) is 11.6. The number of nitrogens with zero attached hydrogens (tertiary/aromatic N) is 1. The van der Waals surface area contributed by atoms with Gasteiger partial charge in [-0.1, -0.05) is 12.1 Å². The second-order valence-electron chi connectivity index (χ2n) is 4.43. The zero-order valence-corrected chi connectivity index (χ0v) is 9.78. The third-order valence-electron chi connectivity index (χ3n) is 2.24. The Labute approximate surface area is 94.6 Å². The van der Waals surface area contributed by atoms with Crippen molar-refractivity contribution in [2.75, 3.05) is 19.0 Å². The van der Waals surface area contributed by atoms with Crippen LogP contribution in [-0.2, 0) is 4.74 Å². The van der Waals surface area contributed by atoms with Crippen LogP contribution in [0.4, 0.5) is 6.01 Å². The Balaban J connectivity index is 2.21. The normalized spacial score (nSPS) is 11.9. The first-order chi connectivity index (χ1) is 7.61. The monoisotopic (exact) mass is 220 g/mol. The van der Waals surface area contributed by atoms with Gasteiger partial charge >= 0.3 is 0 Å². The number of para-hydroxylation sites is 2. The van der Waals surface area contributed by atoms with Crippen molar-refractivity contribution < 1.29 is 9.15 Å². The molecule has 1 heterocycles. The predicted octanol–water partition coefficient (Wildman–Crippen LogP) is 2.66. The van der Waals surface area contributed by atoms with Crippen LogP contribution in [0, 0.1) is 0 Å². The van der Waals surface area contributed by atoms with Gasteiger partial charge in [-0.05, 0) is 26.0 Å². The summed E-state index contributed by atoms with van der Waals surface area (Å²) >= 11 is 0.